The van der Waals surface area contributed by atoms with E-state index in [4.69, 9.17) is 4.18 Å². The van der Waals surface area contributed by atoms with Crippen LogP contribution in [-0.2, 0) is 10.1 Å². The lowest BCUT2D eigenvalue weighted by atomic mass is 10.0. The van der Waals surface area contributed by atoms with Gasteiger partial charge in [0.2, 0.25) is 0 Å². The minimum absolute atomic E-state index is 0.0277. The topological polar surface area (TPSA) is 84.5 Å². The van der Waals surface area contributed by atoms with E-state index in [2.05, 4.69) is 17.6 Å². The summed E-state index contributed by atoms with van der Waals surface area (Å²) in [6.45, 7) is 6.65. The molecule has 0 saturated carbocycles. The maximum absolute atomic E-state index is 12.6. The van der Waals surface area contributed by atoms with Gasteiger partial charge in [0.25, 0.3) is 0 Å². The molecule has 2 N–H and O–H groups in total. The van der Waals surface area contributed by atoms with Gasteiger partial charge in [-0.05, 0) is 48.2 Å². The smallest absolute Gasteiger partial charge is 0.339 e. The first-order chi connectivity index (χ1) is 13.3. The molecule has 2 rings (SSSR count). The van der Waals surface area contributed by atoms with Gasteiger partial charge in [0.05, 0.1) is 0 Å². The van der Waals surface area contributed by atoms with Crippen molar-refractivity contribution in [3.8, 4) is 5.75 Å². The third-order valence-electron chi connectivity index (χ3n) is 4.21. The number of hydrogen-bond acceptors (Lipinski definition) is 4. The summed E-state index contributed by atoms with van der Waals surface area (Å²) in [6.07, 6.45) is 3.08. The Labute approximate surface area is 167 Å². The lowest BCUT2D eigenvalue weighted by Gasteiger charge is -2.14. The minimum Gasteiger partial charge on any atom is -0.379 e. The summed E-state index contributed by atoms with van der Waals surface area (Å²) in [4.78, 5) is 11.9. The van der Waals surface area contributed by atoms with Gasteiger partial charge in [0.15, 0.2) is 0 Å². The van der Waals surface area contributed by atoms with Gasteiger partial charge >= 0.3 is 16.1 Å². The SMILES string of the molecule is CCCCCNC(=O)Nc1ccc(S(=O)(=O)Oc2ccccc2C(C)C)cc1. The zero-order chi connectivity index (χ0) is 20.6. The number of hydrogen-bond donors (Lipinski definition) is 2. The van der Waals surface area contributed by atoms with E-state index in [-0.39, 0.29) is 16.8 Å². The maximum Gasteiger partial charge on any atom is 0.339 e. The summed E-state index contributed by atoms with van der Waals surface area (Å²) in [5.41, 5.74) is 1.33. The average molecular weight is 405 g/mol. The predicted octanol–water partition coefficient (Wildman–Crippen LogP) is 4.89. The molecule has 28 heavy (non-hydrogen) atoms. The Morgan fingerprint density at radius 2 is 1.71 bits per heavy atom. The molecule has 0 aromatic heterocycles. The van der Waals surface area contributed by atoms with E-state index in [0.29, 0.717) is 18.0 Å². The summed E-state index contributed by atoms with van der Waals surface area (Å²) in [5, 5.41) is 5.45. The number of para-hydroxylation sites is 1. The Hall–Kier alpha value is -2.54. The van der Waals surface area contributed by atoms with Gasteiger partial charge in [0.1, 0.15) is 10.6 Å². The molecular weight excluding hydrogens is 376 g/mol. The molecule has 6 nitrogen and oxygen atoms in total. The standard InChI is InChI=1S/C21H28N2O4S/c1-4-5-8-15-22-21(24)23-17-11-13-18(14-12-17)28(25,26)27-20-10-7-6-9-19(20)16(2)3/h6-7,9-14,16H,4-5,8,15H2,1-3H3,(H2,22,23,24). The highest BCUT2D eigenvalue weighted by Gasteiger charge is 2.19. The van der Waals surface area contributed by atoms with E-state index < -0.39 is 10.1 Å². The van der Waals surface area contributed by atoms with Crippen molar-refractivity contribution in [2.45, 2.75) is 50.8 Å². The quantitative estimate of drug-likeness (QED) is 0.460. The number of carbonyl (C=O) groups excluding carboxylic acids is 1. The van der Waals surface area contributed by atoms with E-state index >= 15 is 0 Å². The van der Waals surface area contributed by atoms with Crippen LogP contribution in [0.3, 0.4) is 0 Å². The van der Waals surface area contributed by atoms with Crippen LogP contribution < -0.4 is 14.8 Å². The van der Waals surface area contributed by atoms with E-state index in [0.717, 1.165) is 24.8 Å². The fourth-order valence-electron chi connectivity index (χ4n) is 2.66. The molecule has 0 fully saturated rings. The summed E-state index contributed by atoms with van der Waals surface area (Å²) >= 11 is 0. The number of anilines is 1. The second kappa shape index (κ2) is 10.1. The number of nitrogens with one attached hydrogen (secondary N) is 2. The van der Waals surface area contributed by atoms with Gasteiger partial charge in [-0.1, -0.05) is 51.8 Å². The van der Waals surface area contributed by atoms with Crippen LogP contribution in [0, 0.1) is 0 Å². The third kappa shape index (κ3) is 6.27. The molecule has 2 aromatic carbocycles. The summed E-state index contributed by atoms with van der Waals surface area (Å²) in [7, 11) is -3.96. The van der Waals surface area contributed by atoms with Crippen LogP contribution in [-0.4, -0.2) is 21.0 Å². The molecule has 2 amide bonds. The fraction of sp³-hybridized carbons (Fsp3) is 0.381. The molecule has 0 aliphatic carbocycles. The van der Waals surface area contributed by atoms with Gasteiger partial charge in [-0.2, -0.15) is 8.42 Å². The van der Waals surface area contributed by atoms with Crippen molar-refractivity contribution in [1.82, 2.24) is 5.32 Å². The monoisotopic (exact) mass is 404 g/mol. The first-order valence-corrected chi connectivity index (χ1v) is 10.9. The highest BCUT2D eigenvalue weighted by atomic mass is 32.2. The van der Waals surface area contributed by atoms with Crippen LogP contribution in [0.5, 0.6) is 5.75 Å². The Kier molecular flexibility index (Phi) is 7.87. The molecule has 0 aliphatic rings. The predicted molar refractivity (Wildman–Crippen MR) is 111 cm³/mol. The van der Waals surface area contributed by atoms with Crippen molar-refractivity contribution < 1.29 is 17.4 Å². The highest BCUT2D eigenvalue weighted by molar-refractivity contribution is 7.87. The van der Waals surface area contributed by atoms with Crippen molar-refractivity contribution in [1.29, 1.82) is 0 Å². The van der Waals surface area contributed by atoms with Crippen molar-refractivity contribution >= 4 is 21.8 Å². The number of urea groups is 1. The number of carbonyl (C=O) groups is 1. The lowest BCUT2D eigenvalue weighted by molar-refractivity contribution is 0.252. The molecular formula is C21H28N2O4S. The molecule has 0 bridgehead atoms. The van der Waals surface area contributed by atoms with Crippen LogP contribution in [0.1, 0.15) is 51.5 Å². The first kappa shape index (κ1) is 21.8. The van der Waals surface area contributed by atoms with E-state index in [9.17, 15) is 13.2 Å². The molecule has 0 heterocycles. The first-order valence-electron chi connectivity index (χ1n) is 9.52. The van der Waals surface area contributed by atoms with Crippen LogP contribution in [0.2, 0.25) is 0 Å². The number of benzene rings is 2. The molecule has 0 saturated heterocycles. The van der Waals surface area contributed by atoms with Crippen molar-refractivity contribution in [2.75, 3.05) is 11.9 Å². The van der Waals surface area contributed by atoms with Gasteiger partial charge in [0, 0.05) is 12.2 Å². The van der Waals surface area contributed by atoms with Crippen LogP contribution in [0.25, 0.3) is 0 Å². The molecule has 0 radical (unpaired) electrons. The zero-order valence-corrected chi connectivity index (χ0v) is 17.4. The number of unbranched alkanes of at least 4 members (excludes halogenated alkanes) is 2. The van der Waals surface area contributed by atoms with Crippen molar-refractivity contribution in [3.05, 3.63) is 54.1 Å². The molecule has 7 heteroatoms. The average Bonchev–Trinajstić information content (AvgIpc) is 2.65. The summed E-state index contributed by atoms with van der Waals surface area (Å²) in [5.74, 6) is 0.458. The number of amides is 2. The molecule has 0 aliphatic heterocycles. The van der Waals surface area contributed by atoms with Crippen LogP contribution in [0.15, 0.2) is 53.4 Å². The van der Waals surface area contributed by atoms with E-state index in [1.54, 1.807) is 12.1 Å². The lowest BCUT2D eigenvalue weighted by Crippen LogP contribution is -2.29. The van der Waals surface area contributed by atoms with Crippen LogP contribution in [0.4, 0.5) is 10.5 Å². The maximum atomic E-state index is 12.6. The van der Waals surface area contributed by atoms with Crippen molar-refractivity contribution in [2.24, 2.45) is 0 Å². The Bertz CT molecular complexity index is 878. The molecule has 2 aromatic rings. The minimum atomic E-state index is -3.96. The number of rotatable bonds is 9. The van der Waals surface area contributed by atoms with Crippen LogP contribution >= 0.6 is 0 Å². The Balaban J connectivity index is 2.03. The van der Waals surface area contributed by atoms with Gasteiger partial charge in [-0.15, -0.1) is 0 Å². The van der Waals surface area contributed by atoms with Gasteiger partial charge in [-0.3, -0.25) is 0 Å². The largest absolute Gasteiger partial charge is 0.379 e. The van der Waals surface area contributed by atoms with E-state index in [1.807, 2.05) is 26.0 Å². The normalized spacial score (nSPS) is 11.3. The Morgan fingerprint density at radius 1 is 1.04 bits per heavy atom. The van der Waals surface area contributed by atoms with Gasteiger partial charge in [-0.25, -0.2) is 4.79 Å². The molecule has 0 spiro atoms. The molecule has 0 unspecified atom stereocenters. The second-order valence-corrected chi connectivity index (χ2v) is 8.39. The zero-order valence-electron chi connectivity index (χ0n) is 16.6. The Morgan fingerprint density at radius 3 is 2.36 bits per heavy atom. The highest BCUT2D eigenvalue weighted by Crippen LogP contribution is 2.28. The van der Waals surface area contributed by atoms with Gasteiger partial charge < -0.3 is 14.8 Å². The summed E-state index contributed by atoms with van der Waals surface area (Å²) < 4.78 is 30.5. The fourth-order valence-corrected chi connectivity index (χ4v) is 3.61. The molecule has 152 valence electrons. The summed E-state index contributed by atoms with van der Waals surface area (Å²) in [6, 6.07) is 12.7. The molecule has 0 atom stereocenters. The van der Waals surface area contributed by atoms with E-state index in [1.165, 1.54) is 24.3 Å². The third-order valence-corrected chi connectivity index (χ3v) is 5.46. The van der Waals surface area contributed by atoms with Crippen molar-refractivity contribution in [3.63, 3.8) is 0 Å². The second-order valence-electron chi connectivity index (χ2n) is 6.84.